The fourth-order valence-electron chi connectivity index (χ4n) is 1.28. The van der Waals surface area contributed by atoms with Gasteiger partial charge in [-0.3, -0.25) is 0 Å². The molecule has 0 N–H and O–H groups in total. The summed E-state index contributed by atoms with van der Waals surface area (Å²) in [6.07, 6.45) is 0.661. The van der Waals surface area contributed by atoms with Gasteiger partial charge in [-0.25, -0.2) is 8.42 Å². The van der Waals surface area contributed by atoms with Gasteiger partial charge in [-0.15, -0.1) is 11.6 Å². The minimum absolute atomic E-state index is 0.0933. The quantitative estimate of drug-likeness (QED) is 0.443. The van der Waals surface area contributed by atoms with Crippen LogP contribution in [0.1, 0.15) is 13.3 Å². The Morgan fingerprint density at radius 1 is 1.18 bits per heavy atom. The topological polar surface area (TPSA) is 55.8 Å². The second-order valence-electron chi connectivity index (χ2n) is 3.75. The Morgan fingerprint density at radius 3 is 2.24 bits per heavy atom. The lowest BCUT2D eigenvalue weighted by Gasteiger charge is -2.24. The zero-order valence-electron chi connectivity index (χ0n) is 10.7. The zero-order valence-corrected chi connectivity index (χ0v) is 12.3. The van der Waals surface area contributed by atoms with Crippen molar-refractivity contribution in [1.82, 2.24) is 4.31 Å². The average Bonchev–Trinajstić information content (AvgIpc) is 2.32. The first-order chi connectivity index (χ1) is 8.00. The lowest BCUT2D eigenvalue weighted by Crippen LogP contribution is -2.41. The molecule has 5 nitrogen and oxygen atoms in total. The first-order valence-corrected chi connectivity index (χ1v) is 7.57. The second-order valence-corrected chi connectivity index (χ2v) is 6.41. The summed E-state index contributed by atoms with van der Waals surface area (Å²) < 4.78 is 35.5. The number of ether oxygens (including phenoxy) is 2. The summed E-state index contributed by atoms with van der Waals surface area (Å²) in [5.74, 6) is 0.0933. The standard InChI is InChI=1S/C10H22ClNO4S/c1-10(9-11)17(13,14)12(6-8-16-3)5-4-7-15-2/h10H,4-9H2,1-3H3. The SMILES string of the molecule is COCCCN(CCOC)S(=O)(=O)C(C)CCl. The van der Waals surface area contributed by atoms with Crippen molar-refractivity contribution in [3.63, 3.8) is 0 Å². The summed E-state index contributed by atoms with van der Waals surface area (Å²) in [6, 6.07) is 0. The average molecular weight is 288 g/mol. The highest BCUT2D eigenvalue weighted by molar-refractivity contribution is 7.89. The third-order valence-corrected chi connectivity index (χ3v) is 5.30. The fraction of sp³-hybridized carbons (Fsp3) is 1.00. The Hall–Kier alpha value is 0.120. The van der Waals surface area contributed by atoms with Crippen molar-refractivity contribution in [2.45, 2.75) is 18.6 Å². The van der Waals surface area contributed by atoms with Crippen molar-refractivity contribution in [3.8, 4) is 0 Å². The summed E-state index contributed by atoms with van der Waals surface area (Å²) >= 11 is 5.61. The van der Waals surface area contributed by atoms with Gasteiger partial charge in [0.1, 0.15) is 0 Å². The van der Waals surface area contributed by atoms with Gasteiger partial charge in [0, 0.05) is 39.8 Å². The van der Waals surface area contributed by atoms with Crippen LogP contribution < -0.4 is 0 Å². The van der Waals surface area contributed by atoms with Crippen molar-refractivity contribution in [1.29, 1.82) is 0 Å². The number of alkyl halides is 1. The predicted molar refractivity (Wildman–Crippen MR) is 69.0 cm³/mol. The summed E-state index contributed by atoms with van der Waals surface area (Å²) in [5, 5.41) is -0.580. The van der Waals surface area contributed by atoms with E-state index in [4.69, 9.17) is 21.1 Å². The molecule has 0 aromatic carbocycles. The Morgan fingerprint density at radius 2 is 1.76 bits per heavy atom. The Labute approximate surface area is 109 Å². The van der Waals surface area contributed by atoms with Gasteiger partial charge in [0.05, 0.1) is 11.9 Å². The molecule has 0 aliphatic heterocycles. The number of methoxy groups -OCH3 is 2. The molecule has 7 heteroatoms. The lowest BCUT2D eigenvalue weighted by atomic mass is 10.4. The summed E-state index contributed by atoms with van der Waals surface area (Å²) in [6.45, 7) is 3.30. The smallest absolute Gasteiger partial charge is 0.217 e. The number of sulfonamides is 1. The van der Waals surface area contributed by atoms with Crippen LogP contribution in [-0.4, -0.2) is 64.4 Å². The third kappa shape index (κ3) is 6.01. The summed E-state index contributed by atoms with van der Waals surface area (Å²) in [7, 11) is -0.199. The van der Waals surface area contributed by atoms with Crippen LogP contribution in [0.2, 0.25) is 0 Å². The van der Waals surface area contributed by atoms with E-state index in [0.29, 0.717) is 32.7 Å². The molecular weight excluding hydrogens is 266 g/mol. The molecule has 0 bridgehead atoms. The molecule has 0 saturated heterocycles. The van der Waals surface area contributed by atoms with E-state index in [2.05, 4.69) is 0 Å². The van der Waals surface area contributed by atoms with Gasteiger partial charge in [0.2, 0.25) is 10.0 Å². The van der Waals surface area contributed by atoms with Gasteiger partial charge in [-0.05, 0) is 13.3 Å². The van der Waals surface area contributed by atoms with Gasteiger partial charge in [-0.1, -0.05) is 0 Å². The summed E-state index contributed by atoms with van der Waals surface area (Å²) in [5.41, 5.74) is 0. The highest BCUT2D eigenvalue weighted by Gasteiger charge is 2.27. The van der Waals surface area contributed by atoms with Crippen LogP contribution in [0.4, 0.5) is 0 Å². The van der Waals surface area contributed by atoms with Crippen LogP contribution >= 0.6 is 11.6 Å². The second kappa shape index (κ2) is 9.10. The number of halogens is 1. The fourth-order valence-corrected chi connectivity index (χ4v) is 3.14. The molecular formula is C10H22ClNO4S. The molecule has 0 radical (unpaired) electrons. The van der Waals surface area contributed by atoms with E-state index in [-0.39, 0.29) is 5.88 Å². The van der Waals surface area contributed by atoms with Crippen molar-refractivity contribution < 1.29 is 17.9 Å². The number of nitrogens with zero attached hydrogens (tertiary/aromatic N) is 1. The maximum atomic E-state index is 12.1. The van der Waals surface area contributed by atoms with Gasteiger partial charge in [0.25, 0.3) is 0 Å². The van der Waals surface area contributed by atoms with Gasteiger partial charge in [0.15, 0.2) is 0 Å². The van der Waals surface area contributed by atoms with E-state index in [1.54, 1.807) is 21.1 Å². The van der Waals surface area contributed by atoms with E-state index >= 15 is 0 Å². The van der Waals surface area contributed by atoms with E-state index in [9.17, 15) is 8.42 Å². The van der Waals surface area contributed by atoms with E-state index in [1.165, 1.54) is 4.31 Å². The lowest BCUT2D eigenvalue weighted by molar-refractivity contribution is 0.164. The molecule has 0 amide bonds. The normalized spacial score (nSPS) is 14.2. The maximum Gasteiger partial charge on any atom is 0.217 e. The molecule has 0 saturated carbocycles. The minimum atomic E-state index is -3.34. The van der Waals surface area contributed by atoms with Crippen LogP contribution in [0, 0.1) is 0 Å². The molecule has 17 heavy (non-hydrogen) atoms. The van der Waals surface area contributed by atoms with Crippen molar-refractivity contribution in [2.75, 3.05) is 46.4 Å². The molecule has 0 aromatic heterocycles. The largest absolute Gasteiger partial charge is 0.385 e. The molecule has 0 aliphatic rings. The molecule has 0 aliphatic carbocycles. The van der Waals surface area contributed by atoms with E-state index < -0.39 is 15.3 Å². The van der Waals surface area contributed by atoms with Crippen LogP contribution in [0.5, 0.6) is 0 Å². The monoisotopic (exact) mass is 287 g/mol. The van der Waals surface area contributed by atoms with Crippen molar-refractivity contribution in [3.05, 3.63) is 0 Å². The van der Waals surface area contributed by atoms with Crippen LogP contribution in [0.15, 0.2) is 0 Å². The first kappa shape index (κ1) is 17.1. The van der Waals surface area contributed by atoms with Crippen LogP contribution in [-0.2, 0) is 19.5 Å². The number of hydrogen-bond donors (Lipinski definition) is 0. The Balaban J connectivity index is 4.54. The highest BCUT2D eigenvalue weighted by Crippen LogP contribution is 2.11. The highest BCUT2D eigenvalue weighted by atomic mass is 35.5. The predicted octanol–water partition coefficient (Wildman–Crippen LogP) is 0.928. The van der Waals surface area contributed by atoms with Gasteiger partial charge < -0.3 is 9.47 Å². The van der Waals surface area contributed by atoms with E-state index in [1.807, 2.05) is 0 Å². The maximum absolute atomic E-state index is 12.1. The van der Waals surface area contributed by atoms with Crippen LogP contribution in [0.3, 0.4) is 0 Å². The first-order valence-electron chi connectivity index (χ1n) is 5.53. The third-order valence-electron chi connectivity index (χ3n) is 2.39. The van der Waals surface area contributed by atoms with Crippen molar-refractivity contribution >= 4 is 21.6 Å². The molecule has 104 valence electrons. The molecule has 1 unspecified atom stereocenters. The molecule has 0 aromatic rings. The Bertz CT molecular complexity index is 284. The number of hydrogen-bond acceptors (Lipinski definition) is 4. The summed E-state index contributed by atoms with van der Waals surface area (Å²) in [4.78, 5) is 0. The Kier molecular flexibility index (Phi) is 9.17. The molecule has 0 rings (SSSR count). The molecule has 0 fully saturated rings. The molecule has 0 spiro atoms. The van der Waals surface area contributed by atoms with E-state index in [0.717, 1.165) is 0 Å². The van der Waals surface area contributed by atoms with Crippen LogP contribution in [0.25, 0.3) is 0 Å². The minimum Gasteiger partial charge on any atom is -0.385 e. The molecule has 1 atom stereocenters. The van der Waals surface area contributed by atoms with Gasteiger partial charge >= 0.3 is 0 Å². The van der Waals surface area contributed by atoms with Crippen molar-refractivity contribution in [2.24, 2.45) is 0 Å². The van der Waals surface area contributed by atoms with Gasteiger partial charge in [-0.2, -0.15) is 4.31 Å². The molecule has 0 heterocycles. The number of rotatable bonds is 10. The zero-order chi connectivity index (χ0) is 13.3.